The molecule has 0 bridgehead atoms. The fraction of sp³-hybridized carbons (Fsp3) is 0.538. The number of pyridine rings is 1. The molecule has 0 aromatic carbocycles. The van der Waals surface area contributed by atoms with E-state index in [9.17, 15) is 0 Å². The van der Waals surface area contributed by atoms with Crippen molar-refractivity contribution in [1.82, 2.24) is 4.98 Å². The van der Waals surface area contributed by atoms with Crippen LogP contribution in [-0.4, -0.2) is 35.8 Å². The number of aromatic nitrogens is 1. The van der Waals surface area contributed by atoms with Crippen LogP contribution in [0.25, 0.3) is 0 Å². The smallest absolute Gasteiger partial charge is 0.129 e. The summed E-state index contributed by atoms with van der Waals surface area (Å²) in [5.41, 5.74) is 6.29. The first kappa shape index (κ1) is 13.2. The summed E-state index contributed by atoms with van der Waals surface area (Å²) in [6, 6.07) is 5.76. The van der Waals surface area contributed by atoms with Gasteiger partial charge in [0.2, 0.25) is 0 Å². The Balaban J connectivity index is 2.10. The summed E-state index contributed by atoms with van der Waals surface area (Å²) in [7, 11) is 0. The van der Waals surface area contributed by atoms with Crippen molar-refractivity contribution in [3.05, 3.63) is 23.9 Å². The molecule has 0 radical (unpaired) electrons. The van der Waals surface area contributed by atoms with E-state index in [4.69, 9.17) is 22.7 Å². The highest BCUT2D eigenvalue weighted by molar-refractivity contribution is 7.80. The third-order valence-corrected chi connectivity index (χ3v) is 3.35. The molecule has 0 aliphatic carbocycles. The monoisotopic (exact) mass is 265 g/mol. The summed E-state index contributed by atoms with van der Waals surface area (Å²) < 4.78 is 5.66. The molecule has 1 unspecified atom stereocenters. The van der Waals surface area contributed by atoms with Crippen LogP contribution in [-0.2, 0) is 4.74 Å². The second-order valence-electron chi connectivity index (χ2n) is 4.42. The molecule has 0 saturated carbocycles. The first-order valence-corrected chi connectivity index (χ1v) is 6.75. The summed E-state index contributed by atoms with van der Waals surface area (Å²) >= 11 is 4.96. The largest absolute Gasteiger partial charge is 0.388 e. The maximum Gasteiger partial charge on any atom is 0.129 e. The average molecular weight is 265 g/mol. The number of ether oxygens (including phenoxy) is 1. The number of hydrogen-bond donors (Lipinski definition) is 1. The second-order valence-corrected chi connectivity index (χ2v) is 4.86. The van der Waals surface area contributed by atoms with Crippen LogP contribution in [0.1, 0.15) is 25.5 Å². The Kier molecular flexibility index (Phi) is 4.49. The van der Waals surface area contributed by atoms with E-state index in [-0.39, 0.29) is 0 Å². The topological polar surface area (TPSA) is 51.4 Å². The summed E-state index contributed by atoms with van der Waals surface area (Å²) in [6.45, 7) is 4.77. The molecule has 1 aliphatic rings. The van der Waals surface area contributed by atoms with Crippen molar-refractivity contribution in [2.24, 2.45) is 5.73 Å². The molecule has 1 saturated heterocycles. The fourth-order valence-corrected chi connectivity index (χ4v) is 2.27. The van der Waals surface area contributed by atoms with E-state index in [0.29, 0.717) is 16.8 Å². The van der Waals surface area contributed by atoms with E-state index >= 15 is 0 Å². The molecular weight excluding hydrogens is 246 g/mol. The molecule has 4 nitrogen and oxygen atoms in total. The van der Waals surface area contributed by atoms with Crippen LogP contribution in [0.15, 0.2) is 18.2 Å². The molecule has 1 fully saturated rings. The highest BCUT2D eigenvalue weighted by Crippen LogP contribution is 2.17. The zero-order valence-corrected chi connectivity index (χ0v) is 11.4. The first-order valence-electron chi connectivity index (χ1n) is 6.34. The summed E-state index contributed by atoms with van der Waals surface area (Å²) in [5.74, 6) is 0.915. The van der Waals surface area contributed by atoms with E-state index in [1.165, 1.54) is 0 Å². The zero-order valence-electron chi connectivity index (χ0n) is 10.6. The minimum Gasteiger partial charge on any atom is -0.388 e. The maximum atomic E-state index is 5.66. The van der Waals surface area contributed by atoms with Crippen molar-refractivity contribution in [2.45, 2.75) is 25.9 Å². The Hall–Kier alpha value is -1.20. The van der Waals surface area contributed by atoms with Gasteiger partial charge in [-0.2, -0.15) is 0 Å². The van der Waals surface area contributed by atoms with E-state index in [1.54, 1.807) is 0 Å². The van der Waals surface area contributed by atoms with Crippen LogP contribution in [0.5, 0.6) is 0 Å². The van der Waals surface area contributed by atoms with Crippen molar-refractivity contribution >= 4 is 23.0 Å². The highest BCUT2D eigenvalue weighted by atomic mass is 32.1. The van der Waals surface area contributed by atoms with Crippen molar-refractivity contribution < 1.29 is 4.74 Å². The maximum absolute atomic E-state index is 5.66. The number of nitrogens with two attached hydrogens (primary N) is 1. The fourth-order valence-electron chi connectivity index (χ4n) is 2.16. The lowest BCUT2D eigenvalue weighted by atomic mass is 10.2. The van der Waals surface area contributed by atoms with Gasteiger partial charge in [0.15, 0.2) is 0 Å². The van der Waals surface area contributed by atoms with Gasteiger partial charge in [0.1, 0.15) is 10.8 Å². The van der Waals surface area contributed by atoms with Gasteiger partial charge in [-0.1, -0.05) is 18.3 Å². The number of anilines is 1. The van der Waals surface area contributed by atoms with E-state index in [1.807, 2.05) is 18.2 Å². The second kappa shape index (κ2) is 6.11. The number of rotatable bonds is 5. The molecule has 5 heteroatoms. The SMILES string of the molecule is CCN(CC1CCCO1)c1cccc(C(N)=S)n1. The van der Waals surface area contributed by atoms with Gasteiger partial charge in [-0.15, -0.1) is 0 Å². The van der Waals surface area contributed by atoms with Gasteiger partial charge in [0, 0.05) is 19.7 Å². The Morgan fingerprint density at radius 1 is 1.61 bits per heavy atom. The zero-order chi connectivity index (χ0) is 13.0. The van der Waals surface area contributed by atoms with Gasteiger partial charge in [-0.3, -0.25) is 0 Å². The highest BCUT2D eigenvalue weighted by Gasteiger charge is 2.19. The van der Waals surface area contributed by atoms with Crippen LogP contribution < -0.4 is 10.6 Å². The lowest BCUT2D eigenvalue weighted by Gasteiger charge is -2.25. The Morgan fingerprint density at radius 2 is 2.44 bits per heavy atom. The number of thiocarbonyl (C=S) groups is 1. The van der Waals surface area contributed by atoms with Crippen LogP contribution in [0.4, 0.5) is 5.82 Å². The van der Waals surface area contributed by atoms with Crippen molar-refractivity contribution in [2.75, 3.05) is 24.6 Å². The first-order chi connectivity index (χ1) is 8.70. The van der Waals surface area contributed by atoms with Crippen LogP contribution in [0.2, 0.25) is 0 Å². The van der Waals surface area contributed by atoms with Gasteiger partial charge in [0.25, 0.3) is 0 Å². The van der Waals surface area contributed by atoms with E-state index in [0.717, 1.165) is 38.4 Å². The molecule has 98 valence electrons. The lowest BCUT2D eigenvalue weighted by Crippen LogP contribution is -2.33. The van der Waals surface area contributed by atoms with Crippen LogP contribution >= 0.6 is 12.2 Å². The predicted octanol–water partition coefficient (Wildman–Crippen LogP) is 1.72. The van der Waals surface area contributed by atoms with E-state index in [2.05, 4.69) is 16.8 Å². The molecule has 2 N–H and O–H groups in total. The average Bonchev–Trinajstić information content (AvgIpc) is 2.89. The molecule has 2 heterocycles. The number of likely N-dealkylation sites (N-methyl/N-ethyl adjacent to an activating group) is 1. The Labute approximate surface area is 113 Å². The standard InChI is InChI=1S/C13H19N3OS/c1-2-16(9-10-5-4-8-17-10)12-7-3-6-11(15-12)13(14)18/h3,6-7,10H,2,4-5,8-9H2,1H3,(H2,14,18). The van der Waals surface area contributed by atoms with Crippen molar-refractivity contribution in [3.8, 4) is 0 Å². The molecule has 1 aromatic heterocycles. The number of hydrogen-bond acceptors (Lipinski definition) is 4. The third-order valence-electron chi connectivity index (χ3n) is 3.14. The van der Waals surface area contributed by atoms with Gasteiger partial charge < -0.3 is 15.4 Å². The molecule has 1 atom stereocenters. The lowest BCUT2D eigenvalue weighted by molar-refractivity contribution is 0.115. The summed E-state index contributed by atoms with van der Waals surface area (Å²) in [6.07, 6.45) is 2.61. The van der Waals surface area contributed by atoms with Gasteiger partial charge >= 0.3 is 0 Å². The van der Waals surface area contributed by atoms with Crippen molar-refractivity contribution in [3.63, 3.8) is 0 Å². The van der Waals surface area contributed by atoms with E-state index < -0.39 is 0 Å². The Morgan fingerprint density at radius 3 is 3.06 bits per heavy atom. The molecule has 0 spiro atoms. The minimum atomic E-state index is 0.320. The molecule has 18 heavy (non-hydrogen) atoms. The molecule has 2 rings (SSSR count). The van der Waals surface area contributed by atoms with Crippen LogP contribution in [0, 0.1) is 0 Å². The Bertz CT molecular complexity index is 418. The normalized spacial score (nSPS) is 18.8. The van der Waals surface area contributed by atoms with Gasteiger partial charge in [0.05, 0.1) is 11.8 Å². The molecule has 1 aromatic rings. The van der Waals surface area contributed by atoms with Crippen LogP contribution in [0.3, 0.4) is 0 Å². The third kappa shape index (κ3) is 3.17. The predicted molar refractivity (Wildman–Crippen MR) is 77.0 cm³/mol. The minimum absolute atomic E-state index is 0.320. The molecular formula is C13H19N3OS. The quantitative estimate of drug-likeness (QED) is 0.822. The van der Waals surface area contributed by atoms with Crippen molar-refractivity contribution in [1.29, 1.82) is 0 Å². The molecule has 1 aliphatic heterocycles. The molecule has 0 amide bonds. The summed E-state index contributed by atoms with van der Waals surface area (Å²) in [4.78, 5) is 7.03. The summed E-state index contributed by atoms with van der Waals surface area (Å²) in [5, 5.41) is 0. The number of nitrogens with zero attached hydrogens (tertiary/aromatic N) is 2. The van der Waals surface area contributed by atoms with Gasteiger partial charge in [-0.05, 0) is 31.9 Å². The van der Waals surface area contributed by atoms with Gasteiger partial charge in [-0.25, -0.2) is 4.98 Å².